The van der Waals surface area contributed by atoms with E-state index in [0.717, 1.165) is 19.6 Å². The van der Waals surface area contributed by atoms with Crippen molar-refractivity contribution >= 4 is 0 Å². The Hall–Kier alpha value is -0.120. The van der Waals surface area contributed by atoms with E-state index >= 15 is 0 Å². The average Bonchev–Trinajstić information content (AvgIpc) is 1.84. The molecular weight excluding hydrogens is 152 g/mol. The van der Waals surface area contributed by atoms with E-state index in [2.05, 4.69) is 24.1 Å². The van der Waals surface area contributed by atoms with Crippen molar-refractivity contribution in [3.05, 3.63) is 0 Å². The first-order chi connectivity index (χ1) is 5.52. The number of nitrogens with one attached hydrogen (secondary N) is 1. The highest BCUT2D eigenvalue weighted by Gasteiger charge is 2.01. The number of nitrogens with zero attached hydrogens (tertiary/aromatic N) is 1. The lowest BCUT2D eigenvalue weighted by Crippen LogP contribution is -2.35. The van der Waals surface area contributed by atoms with Crippen molar-refractivity contribution in [2.24, 2.45) is 0 Å². The van der Waals surface area contributed by atoms with Crippen LogP contribution in [0.1, 0.15) is 20.8 Å². The highest BCUT2D eigenvalue weighted by Crippen LogP contribution is 1.86. The summed E-state index contributed by atoms with van der Waals surface area (Å²) < 4.78 is 0. The predicted molar refractivity (Wildman–Crippen MR) is 52.3 cm³/mol. The molecule has 0 aromatic heterocycles. The number of likely N-dealkylation sites (N-methyl/N-ethyl adjacent to an activating group) is 1. The van der Waals surface area contributed by atoms with Gasteiger partial charge in [-0.15, -0.1) is 0 Å². The number of hydrogen-bond acceptors (Lipinski definition) is 3. The van der Waals surface area contributed by atoms with Crippen LogP contribution in [0.4, 0.5) is 0 Å². The topological polar surface area (TPSA) is 35.5 Å². The van der Waals surface area contributed by atoms with Crippen LogP contribution in [-0.4, -0.2) is 48.8 Å². The van der Waals surface area contributed by atoms with Crippen LogP contribution in [0.5, 0.6) is 0 Å². The van der Waals surface area contributed by atoms with Crippen LogP contribution in [0.15, 0.2) is 0 Å². The van der Waals surface area contributed by atoms with Crippen LogP contribution in [0, 0.1) is 0 Å². The van der Waals surface area contributed by atoms with Gasteiger partial charge in [0.15, 0.2) is 0 Å². The van der Waals surface area contributed by atoms with E-state index in [4.69, 9.17) is 5.11 Å². The molecule has 0 radical (unpaired) electrons. The summed E-state index contributed by atoms with van der Waals surface area (Å²) in [5.74, 6) is 0. The van der Waals surface area contributed by atoms with Crippen LogP contribution in [0.25, 0.3) is 0 Å². The molecule has 0 amide bonds. The Balaban J connectivity index is 3.25. The van der Waals surface area contributed by atoms with Crippen LogP contribution in [0.3, 0.4) is 0 Å². The molecule has 0 fully saturated rings. The summed E-state index contributed by atoms with van der Waals surface area (Å²) in [7, 11) is 2.02. The van der Waals surface area contributed by atoms with E-state index in [1.54, 1.807) is 0 Å². The van der Waals surface area contributed by atoms with Gasteiger partial charge in [0.05, 0.1) is 6.10 Å². The third-order valence-electron chi connectivity index (χ3n) is 1.62. The smallest absolute Gasteiger partial charge is 0.0638 e. The Morgan fingerprint density at radius 1 is 1.33 bits per heavy atom. The SMILES string of the molecule is CC(O)CN(C)CCNC(C)C. The second kappa shape index (κ2) is 6.40. The second-order valence-electron chi connectivity index (χ2n) is 3.72. The molecule has 0 saturated heterocycles. The fraction of sp³-hybridized carbons (Fsp3) is 1.00. The lowest BCUT2D eigenvalue weighted by molar-refractivity contribution is 0.141. The fourth-order valence-corrected chi connectivity index (χ4v) is 1.09. The molecule has 0 bridgehead atoms. The lowest BCUT2D eigenvalue weighted by atomic mass is 10.3. The highest BCUT2D eigenvalue weighted by molar-refractivity contribution is 4.59. The summed E-state index contributed by atoms with van der Waals surface area (Å²) in [6.07, 6.45) is -0.228. The van der Waals surface area contributed by atoms with Crippen molar-refractivity contribution in [1.82, 2.24) is 10.2 Å². The Kier molecular flexibility index (Phi) is 6.34. The fourth-order valence-electron chi connectivity index (χ4n) is 1.09. The molecule has 1 unspecified atom stereocenters. The average molecular weight is 174 g/mol. The van der Waals surface area contributed by atoms with Crippen molar-refractivity contribution in [3.8, 4) is 0 Å². The zero-order chi connectivity index (χ0) is 9.56. The van der Waals surface area contributed by atoms with Crippen molar-refractivity contribution in [2.75, 3.05) is 26.7 Å². The van der Waals surface area contributed by atoms with Crippen molar-refractivity contribution < 1.29 is 5.11 Å². The van der Waals surface area contributed by atoms with E-state index in [1.165, 1.54) is 0 Å². The third-order valence-corrected chi connectivity index (χ3v) is 1.62. The van der Waals surface area contributed by atoms with Gasteiger partial charge in [-0.05, 0) is 14.0 Å². The summed E-state index contributed by atoms with van der Waals surface area (Å²) in [6, 6.07) is 0.546. The van der Waals surface area contributed by atoms with Gasteiger partial charge >= 0.3 is 0 Å². The second-order valence-corrected chi connectivity index (χ2v) is 3.72. The minimum Gasteiger partial charge on any atom is -0.392 e. The molecule has 2 N–H and O–H groups in total. The summed E-state index contributed by atoms with van der Waals surface area (Å²) in [5, 5.41) is 12.4. The minimum absolute atomic E-state index is 0.228. The Morgan fingerprint density at radius 2 is 1.92 bits per heavy atom. The zero-order valence-corrected chi connectivity index (χ0v) is 8.67. The molecule has 0 heterocycles. The van der Waals surface area contributed by atoms with Gasteiger partial charge in [-0.3, -0.25) is 0 Å². The number of aliphatic hydroxyl groups is 1. The molecular formula is C9H22N2O. The zero-order valence-electron chi connectivity index (χ0n) is 8.67. The largest absolute Gasteiger partial charge is 0.392 e. The molecule has 0 aromatic rings. The molecule has 74 valence electrons. The van der Waals surface area contributed by atoms with Gasteiger partial charge in [0, 0.05) is 25.7 Å². The van der Waals surface area contributed by atoms with Gasteiger partial charge < -0.3 is 15.3 Å². The molecule has 0 saturated carbocycles. The monoisotopic (exact) mass is 174 g/mol. The molecule has 3 heteroatoms. The van der Waals surface area contributed by atoms with Crippen LogP contribution in [-0.2, 0) is 0 Å². The number of hydrogen-bond donors (Lipinski definition) is 2. The molecule has 3 nitrogen and oxygen atoms in total. The van der Waals surface area contributed by atoms with Gasteiger partial charge in [0.2, 0.25) is 0 Å². The summed E-state index contributed by atoms with van der Waals surface area (Å²) >= 11 is 0. The predicted octanol–water partition coefficient (Wildman–Crippen LogP) is 0.297. The van der Waals surface area contributed by atoms with Gasteiger partial charge in [-0.25, -0.2) is 0 Å². The van der Waals surface area contributed by atoms with Gasteiger partial charge in [-0.1, -0.05) is 13.8 Å². The lowest BCUT2D eigenvalue weighted by Gasteiger charge is -2.19. The highest BCUT2D eigenvalue weighted by atomic mass is 16.3. The first-order valence-electron chi connectivity index (χ1n) is 4.62. The first-order valence-corrected chi connectivity index (χ1v) is 4.62. The molecule has 1 atom stereocenters. The molecule has 0 aliphatic rings. The molecule has 12 heavy (non-hydrogen) atoms. The van der Waals surface area contributed by atoms with E-state index in [0.29, 0.717) is 6.04 Å². The van der Waals surface area contributed by atoms with Crippen molar-refractivity contribution in [1.29, 1.82) is 0 Å². The maximum absolute atomic E-state index is 9.07. The van der Waals surface area contributed by atoms with E-state index in [-0.39, 0.29) is 6.10 Å². The quantitative estimate of drug-likeness (QED) is 0.608. The Morgan fingerprint density at radius 3 is 2.33 bits per heavy atom. The summed E-state index contributed by atoms with van der Waals surface area (Å²) in [4.78, 5) is 2.13. The minimum atomic E-state index is -0.228. The van der Waals surface area contributed by atoms with E-state index in [9.17, 15) is 0 Å². The molecule has 0 aliphatic carbocycles. The summed E-state index contributed by atoms with van der Waals surface area (Å²) in [6.45, 7) is 8.81. The van der Waals surface area contributed by atoms with Crippen molar-refractivity contribution in [2.45, 2.75) is 32.9 Å². The van der Waals surface area contributed by atoms with Crippen LogP contribution in [0.2, 0.25) is 0 Å². The van der Waals surface area contributed by atoms with E-state index < -0.39 is 0 Å². The maximum Gasteiger partial charge on any atom is 0.0638 e. The van der Waals surface area contributed by atoms with Gasteiger partial charge in [0.25, 0.3) is 0 Å². The maximum atomic E-state index is 9.07. The third kappa shape index (κ3) is 7.98. The molecule has 0 spiro atoms. The molecule has 0 aromatic carbocycles. The van der Waals surface area contributed by atoms with Gasteiger partial charge in [-0.2, -0.15) is 0 Å². The number of rotatable bonds is 6. The van der Waals surface area contributed by atoms with Crippen LogP contribution < -0.4 is 5.32 Å². The van der Waals surface area contributed by atoms with Crippen molar-refractivity contribution in [3.63, 3.8) is 0 Å². The summed E-state index contributed by atoms with van der Waals surface area (Å²) in [5.41, 5.74) is 0. The Labute approximate surface area is 75.8 Å². The van der Waals surface area contributed by atoms with Crippen LogP contribution >= 0.6 is 0 Å². The Bertz CT molecular complexity index is 105. The number of aliphatic hydroxyl groups excluding tert-OH is 1. The first kappa shape index (κ1) is 11.9. The standard InChI is InChI=1S/C9H22N2O/c1-8(2)10-5-6-11(4)7-9(3)12/h8-10,12H,5-7H2,1-4H3. The molecule has 0 aliphatic heterocycles. The normalized spacial score (nSPS) is 14.2. The van der Waals surface area contributed by atoms with E-state index in [1.807, 2.05) is 14.0 Å². The van der Waals surface area contributed by atoms with Gasteiger partial charge in [0.1, 0.15) is 0 Å². The molecule has 0 rings (SSSR count).